The molecule has 0 saturated heterocycles. The maximum absolute atomic E-state index is 13.2. The smallest absolute Gasteiger partial charge is 0.343 e. The van der Waals surface area contributed by atoms with Crippen molar-refractivity contribution in [3.8, 4) is 28.4 Å². The van der Waals surface area contributed by atoms with Gasteiger partial charge in [0.2, 0.25) is 0 Å². The highest BCUT2D eigenvalue weighted by Crippen LogP contribution is 2.37. The summed E-state index contributed by atoms with van der Waals surface area (Å²) in [6, 6.07) is 24.0. The molecule has 5 aromatic rings. The van der Waals surface area contributed by atoms with Crippen LogP contribution in [-0.4, -0.2) is 37.3 Å². The number of aromatic amines is 1. The van der Waals surface area contributed by atoms with Gasteiger partial charge < -0.3 is 19.2 Å². The number of rotatable bonds is 8. The minimum atomic E-state index is -0.548. The number of nitrogens with one attached hydrogen (secondary N) is 2. The summed E-state index contributed by atoms with van der Waals surface area (Å²) < 4.78 is 16.0. The van der Waals surface area contributed by atoms with Crippen LogP contribution in [-0.2, 0) is 0 Å². The quantitative estimate of drug-likeness (QED) is 0.0869. The van der Waals surface area contributed by atoms with Gasteiger partial charge in [0.05, 0.1) is 26.0 Å². The van der Waals surface area contributed by atoms with Gasteiger partial charge in [0.25, 0.3) is 5.91 Å². The molecule has 41 heavy (non-hydrogen) atoms. The number of aromatic nitrogens is 1. The van der Waals surface area contributed by atoms with Crippen LogP contribution in [0.4, 0.5) is 0 Å². The largest absolute Gasteiger partial charge is 0.497 e. The molecule has 1 heterocycles. The molecule has 0 aliphatic carbocycles. The number of carbonyl (C=O) groups excluding carboxylic acids is 2. The maximum Gasteiger partial charge on any atom is 0.343 e. The third kappa shape index (κ3) is 6.04. The molecule has 0 saturated carbocycles. The summed E-state index contributed by atoms with van der Waals surface area (Å²) in [6.45, 7) is 0. The average molecular weight is 588 g/mol. The number of nitrogens with zero attached hydrogens (tertiary/aromatic N) is 1. The Bertz CT molecular complexity index is 1780. The second kappa shape index (κ2) is 12.2. The molecule has 5 rings (SSSR count). The number of fused-ring (bicyclic) bond motifs is 1. The Hall–Kier alpha value is -4.79. The summed E-state index contributed by atoms with van der Waals surface area (Å²) in [5, 5.41) is 5.89. The van der Waals surface area contributed by atoms with Crippen molar-refractivity contribution in [1.29, 1.82) is 0 Å². The van der Waals surface area contributed by atoms with Gasteiger partial charge in [0.1, 0.15) is 11.4 Å². The summed E-state index contributed by atoms with van der Waals surface area (Å²) in [5.41, 5.74) is 5.82. The lowest BCUT2D eigenvalue weighted by Gasteiger charge is -2.10. The molecule has 0 fully saturated rings. The average Bonchev–Trinajstić information content (AvgIpc) is 3.36. The van der Waals surface area contributed by atoms with Crippen molar-refractivity contribution >= 4 is 52.2 Å². The minimum Gasteiger partial charge on any atom is -0.497 e. The molecule has 4 aromatic carbocycles. The van der Waals surface area contributed by atoms with Crippen LogP contribution < -0.4 is 19.6 Å². The van der Waals surface area contributed by atoms with Crippen LogP contribution in [0.5, 0.6) is 17.2 Å². The van der Waals surface area contributed by atoms with Gasteiger partial charge in [-0.15, -0.1) is 0 Å². The number of amides is 1. The Kier molecular flexibility index (Phi) is 8.24. The van der Waals surface area contributed by atoms with Gasteiger partial charge in [-0.05, 0) is 72.3 Å². The highest BCUT2D eigenvalue weighted by molar-refractivity contribution is 6.34. The number of ether oxygens (including phenoxy) is 3. The van der Waals surface area contributed by atoms with E-state index in [0.717, 1.165) is 10.9 Å². The molecule has 0 spiro atoms. The standard InChI is InChI=1S/C31H23Cl2N3O5/c1-39-21-11-8-19(9-12-21)31(38)41-26-14-7-18(15-27(26)40-2)17-34-36-30(37)29-28(22-5-3-4-6-24(22)33)23-16-20(32)10-13-25(23)35-29/h3-17,35H,1-2H3,(H,36,37). The first-order valence-electron chi connectivity index (χ1n) is 12.3. The topological polar surface area (TPSA) is 102 Å². The fraction of sp³-hybridized carbons (Fsp3) is 0.0645. The predicted octanol–water partition coefficient (Wildman–Crippen LogP) is 7.14. The number of carbonyl (C=O) groups is 2. The summed E-state index contributed by atoms with van der Waals surface area (Å²) in [5.74, 6) is 0.157. The van der Waals surface area contributed by atoms with Crippen LogP contribution in [0.1, 0.15) is 26.4 Å². The summed E-state index contributed by atoms with van der Waals surface area (Å²) in [4.78, 5) is 29.0. The summed E-state index contributed by atoms with van der Waals surface area (Å²) >= 11 is 12.7. The molecule has 1 aromatic heterocycles. The van der Waals surface area contributed by atoms with Crippen LogP contribution in [0.2, 0.25) is 10.0 Å². The lowest BCUT2D eigenvalue weighted by Crippen LogP contribution is -2.19. The van der Waals surface area contributed by atoms with E-state index in [1.54, 1.807) is 73.8 Å². The third-order valence-corrected chi connectivity index (χ3v) is 6.79. The van der Waals surface area contributed by atoms with Gasteiger partial charge in [0, 0.05) is 32.1 Å². The number of esters is 1. The zero-order valence-electron chi connectivity index (χ0n) is 21.9. The van der Waals surface area contributed by atoms with Gasteiger partial charge in [-0.3, -0.25) is 4.79 Å². The zero-order chi connectivity index (χ0) is 28.9. The third-order valence-electron chi connectivity index (χ3n) is 6.23. The highest BCUT2D eigenvalue weighted by Gasteiger charge is 2.21. The maximum atomic E-state index is 13.2. The molecule has 1 amide bonds. The first kappa shape index (κ1) is 27.8. The van der Waals surface area contributed by atoms with Crippen molar-refractivity contribution < 1.29 is 23.8 Å². The Morgan fingerprint density at radius 3 is 2.39 bits per heavy atom. The SMILES string of the molecule is COc1ccc(C(=O)Oc2ccc(C=NNC(=O)c3[nH]c4ccc(Cl)cc4c3-c3ccccc3Cl)cc2OC)cc1. The second-order valence-electron chi connectivity index (χ2n) is 8.77. The van der Waals surface area contributed by atoms with Gasteiger partial charge in [-0.1, -0.05) is 41.4 Å². The Balaban J connectivity index is 1.35. The molecular weight excluding hydrogens is 565 g/mol. The van der Waals surface area contributed by atoms with E-state index in [-0.39, 0.29) is 11.4 Å². The monoisotopic (exact) mass is 587 g/mol. The second-order valence-corrected chi connectivity index (χ2v) is 9.62. The molecule has 2 N–H and O–H groups in total. The van der Waals surface area contributed by atoms with E-state index < -0.39 is 11.9 Å². The molecule has 0 atom stereocenters. The summed E-state index contributed by atoms with van der Waals surface area (Å²) in [6.07, 6.45) is 1.45. The minimum absolute atomic E-state index is 0.232. The van der Waals surface area contributed by atoms with Crippen molar-refractivity contribution in [2.75, 3.05) is 14.2 Å². The normalized spacial score (nSPS) is 11.0. The van der Waals surface area contributed by atoms with Crippen LogP contribution >= 0.6 is 23.2 Å². The first-order valence-corrected chi connectivity index (χ1v) is 13.1. The molecular formula is C31H23Cl2N3O5. The molecule has 0 aliphatic heterocycles. The Morgan fingerprint density at radius 2 is 1.66 bits per heavy atom. The number of halogens is 2. The van der Waals surface area contributed by atoms with Crippen molar-refractivity contribution in [1.82, 2.24) is 10.4 Å². The van der Waals surface area contributed by atoms with E-state index in [1.807, 2.05) is 18.2 Å². The number of hydrazone groups is 1. The highest BCUT2D eigenvalue weighted by atomic mass is 35.5. The van der Waals surface area contributed by atoms with Crippen molar-refractivity contribution in [2.45, 2.75) is 0 Å². The van der Waals surface area contributed by atoms with Gasteiger partial charge in [-0.2, -0.15) is 5.10 Å². The van der Waals surface area contributed by atoms with Crippen LogP contribution in [0, 0.1) is 0 Å². The van der Waals surface area contributed by atoms with E-state index in [4.69, 9.17) is 37.4 Å². The number of hydrogen-bond acceptors (Lipinski definition) is 6. The van der Waals surface area contributed by atoms with Crippen molar-refractivity contribution in [2.24, 2.45) is 5.10 Å². The van der Waals surface area contributed by atoms with E-state index in [0.29, 0.717) is 43.8 Å². The Morgan fingerprint density at radius 1 is 0.878 bits per heavy atom. The number of methoxy groups -OCH3 is 2. The van der Waals surface area contributed by atoms with Crippen LogP contribution in [0.25, 0.3) is 22.0 Å². The van der Waals surface area contributed by atoms with Crippen LogP contribution in [0.15, 0.2) is 90.0 Å². The fourth-order valence-corrected chi connectivity index (χ4v) is 4.64. The van der Waals surface area contributed by atoms with Gasteiger partial charge in [-0.25, -0.2) is 10.2 Å². The lowest BCUT2D eigenvalue weighted by molar-refractivity contribution is 0.0729. The molecule has 0 unspecified atom stereocenters. The van der Waals surface area contributed by atoms with Gasteiger partial charge >= 0.3 is 5.97 Å². The molecule has 206 valence electrons. The number of hydrogen-bond donors (Lipinski definition) is 2. The van der Waals surface area contributed by atoms with Gasteiger partial charge in [0.15, 0.2) is 11.5 Å². The lowest BCUT2D eigenvalue weighted by atomic mass is 10.0. The number of H-pyrrole nitrogens is 1. The van der Waals surface area contributed by atoms with Crippen LogP contribution in [0.3, 0.4) is 0 Å². The molecule has 10 heteroatoms. The predicted molar refractivity (Wildman–Crippen MR) is 160 cm³/mol. The van der Waals surface area contributed by atoms with E-state index in [1.165, 1.54) is 13.3 Å². The van der Waals surface area contributed by atoms with E-state index >= 15 is 0 Å². The van der Waals surface area contributed by atoms with Crippen molar-refractivity contribution in [3.05, 3.63) is 112 Å². The zero-order valence-corrected chi connectivity index (χ0v) is 23.4. The van der Waals surface area contributed by atoms with Crippen molar-refractivity contribution in [3.63, 3.8) is 0 Å². The molecule has 8 nitrogen and oxygen atoms in total. The summed E-state index contributed by atoms with van der Waals surface area (Å²) in [7, 11) is 3.01. The Labute approximate surface area is 245 Å². The number of benzene rings is 4. The molecule has 0 aliphatic rings. The fourth-order valence-electron chi connectivity index (χ4n) is 4.23. The molecule has 0 bridgehead atoms. The van der Waals surface area contributed by atoms with E-state index in [9.17, 15) is 9.59 Å². The molecule has 0 radical (unpaired) electrons. The first-order chi connectivity index (χ1) is 19.9. The van der Waals surface area contributed by atoms with E-state index in [2.05, 4.69) is 15.5 Å².